The number of hydrogen-bond donors (Lipinski definition) is 2. The molecule has 28 heavy (non-hydrogen) atoms. The van der Waals surface area contributed by atoms with Crippen LogP contribution in [0.2, 0.25) is 0 Å². The van der Waals surface area contributed by atoms with Crippen LogP contribution in [0.4, 0.5) is 5.00 Å². The van der Waals surface area contributed by atoms with Gasteiger partial charge in [0.1, 0.15) is 24.6 Å². The lowest BCUT2D eigenvalue weighted by Gasteiger charge is -2.33. The van der Waals surface area contributed by atoms with Crippen molar-refractivity contribution in [2.45, 2.75) is 26.8 Å². The summed E-state index contributed by atoms with van der Waals surface area (Å²) in [5, 5.41) is 1.16. The minimum atomic E-state index is 0.124. The predicted molar refractivity (Wildman–Crippen MR) is 112 cm³/mol. The van der Waals surface area contributed by atoms with Crippen LogP contribution in [0.1, 0.15) is 32.8 Å². The monoisotopic (exact) mass is 401 g/mol. The Balaban J connectivity index is 1.48. The molecule has 0 aliphatic carbocycles. The molecule has 2 aliphatic heterocycles. The molecule has 1 amide bonds. The first-order chi connectivity index (χ1) is 13.6. The lowest BCUT2D eigenvalue weighted by molar-refractivity contribution is -0.930. The number of hydrogen-bond acceptors (Lipinski definition) is 3. The molecular weight excluding hydrogens is 370 g/mol. The smallest absolute Gasteiger partial charge is 0.263 e. The van der Waals surface area contributed by atoms with E-state index >= 15 is 0 Å². The molecule has 3 heterocycles. The largest absolute Gasteiger partial charge is 0.370 e. The summed E-state index contributed by atoms with van der Waals surface area (Å²) >= 11 is 1.77. The SMILES string of the molecule is Cc1sc2c(c1C)C[NH+](CCC[NH+]1CCOCC1)CN2C(=O)c1ccccc1. The zero-order valence-corrected chi connectivity index (χ0v) is 17.7. The number of thiophene rings is 1. The van der Waals surface area contributed by atoms with E-state index in [0.29, 0.717) is 0 Å². The van der Waals surface area contributed by atoms with E-state index in [1.54, 1.807) is 16.2 Å². The van der Waals surface area contributed by atoms with Gasteiger partial charge in [-0.05, 0) is 31.5 Å². The van der Waals surface area contributed by atoms with Crippen molar-refractivity contribution in [3.05, 3.63) is 51.9 Å². The molecule has 2 aliphatic rings. The van der Waals surface area contributed by atoms with Gasteiger partial charge in [0.05, 0.1) is 26.3 Å². The first kappa shape index (κ1) is 19.6. The van der Waals surface area contributed by atoms with E-state index < -0.39 is 0 Å². The fourth-order valence-electron chi connectivity index (χ4n) is 4.25. The van der Waals surface area contributed by atoms with Gasteiger partial charge in [0.25, 0.3) is 5.91 Å². The van der Waals surface area contributed by atoms with E-state index in [1.165, 1.54) is 33.9 Å². The van der Waals surface area contributed by atoms with E-state index in [0.717, 1.165) is 56.6 Å². The number of fused-ring (bicyclic) bond motifs is 1. The van der Waals surface area contributed by atoms with Gasteiger partial charge in [-0.15, -0.1) is 11.3 Å². The Bertz CT molecular complexity index is 815. The van der Waals surface area contributed by atoms with Crippen molar-refractivity contribution in [1.29, 1.82) is 0 Å². The number of carbonyl (C=O) groups is 1. The lowest BCUT2D eigenvalue weighted by Crippen LogP contribution is -3.16. The molecule has 1 fully saturated rings. The lowest BCUT2D eigenvalue weighted by atomic mass is 10.1. The summed E-state index contributed by atoms with van der Waals surface area (Å²) < 4.78 is 5.46. The molecule has 150 valence electrons. The van der Waals surface area contributed by atoms with Crippen molar-refractivity contribution < 1.29 is 19.3 Å². The maximum atomic E-state index is 13.3. The molecule has 2 N–H and O–H groups in total. The number of ether oxygens (including phenoxy) is 1. The molecule has 6 heteroatoms. The van der Waals surface area contributed by atoms with Gasteiger partial charge in [0.15, 0.2) is 6.67 Å². The zero-order chi connectivity index (χ0) is 19.5. The van der Waals surface area contributed by atoms with Gasteiger partial charge in [0.2, 0.25) is 0 Å². The fourth-order valence-corrected chi connectivity index (χ4v) is 5.42. The molecule has 1 aromatic heterocycles. The Kier molecular flexibility index (Phi) is 6.11. The third kappa shape index (κ3) is 4.15. The number of anilines is 1. The van der Waals surface area contributed by atoms with E-state index in [4.69, 9.17) is 4.74 Å². The van der Waals surface area contributed by atoms with E-state index in [-0.39, 0.29) is 5.91 Å². The third-order valence-corrected chi connectivity index (χ3v) is 7.34. The number of benzene rings is 1. The number of nitrogens with one attached hydrogen (secondary N) is 2. The highest BCUT2D eigenvalue weighted by atomic mass is 32.1. The molecule has 2 aromatic rings. The molecule has 0 spiro atoms. The van der Waals surface area contributed by atoms with Crippen LogP contribution in [0.15, 0.2) is 30.3 Å². The van der Waals surface area contributed by atoms with Gasteiger partial charge in [-0.1, -0.05) is 18.2 Å². The Hall–Kier alpha value is -1.73. The highest BCUT2D eigenvalue weighted by molar-refractivity contribution is 7.16. The molecule has 1 saturated heterocycles. The number of amides is 1. The normalized spacial score (nSPS) is 20.2. The molecule has 1 atom stereocenters. The van der Waals surface area contributed by atoms with Gasteiger partial charge in [0, 0.05) is 22.4 Å². The standard InChI is InChI=1S/C22H29N3O2S/c1-17-18(2)28-22-20(17)15-24(10-6-9-23-11-13-27-14-12-23)16-25(22)21(26)19-7-4-3-5-8-19/h3-5,7-8H,6,9-16H2,1-2H3/p+2. The van der Waals surface area contributed by atoms with Crippen LogP contribution < -0.4 is 14.7 Å². The number of nitrogens with zero attached hydrogens (tertiary/aromatic N) is 1. The molecule has 0 bridgehead atoms. The van der Waals surface area contributed by atoms with Crippen molar-refractivity contribution in [2.24, 2.45) is 0 Å². The summed E-state index contributed by atoms with van der Waals surface area (Å²) in [6.07, 6.45) is 1.19. The second-order valence-electron chi connectivity index (χ2n) is 7.97. The first-order valence-electron chi connectivity index (χ1n) is 10.3. The van der Waals surface area contributed by atoms with E-state index in [2.05, 4.69) is 13.8 Å². The van der Waals surface area contributed by atoms with Crippen LogP contribution in [0.5, 0.6) is 0 Å². The molecule has 5 nitrogen and oxygen atoms in total. The van der Waals surface area contributed by atoms with Crippen molar-refractivity contribution >= 4 is 22.2 Å². The summed E-state index contributed by atoms with van der Waals surface area (Å²) in [7, 11) is 0. The minimum Gasteiger partial charge on any atom is -0.370 e. The van der Waals surface area contributed by atoms with Crippen molar-refractivity contribution in [2.75, 3.05) is 51.0 Å². The van der Waals surface area contributed by atoms with Gasteiger partial charge >= 0.3 is 0 Å². The van der Waals surface area contributed by atoms with Crippen molar-refractivity contribution in [3.8, 4) is 0 Å². The van der Waals surface area contributed by atoms with Gasteiger partial charge in [-0.25, -0.2) is 0 Å². The van der Waals surface area contributed by atoms with Crippen molar-refractivity contribution in [3.63, 3.8) is 0 Å². The summed E-state index contributed by atoms with van der Waals surface area (Å²) in [4.78, 5) is 19.7. The van der Waals surface area contributed by atoms with Crippen molar-refractivity contribution in [1.82, 2.24) is 0 Å². The molecule has 0 saturated carbocycles. The number of aryl methyl sites for hydroxylation is 1. The van der Waals surface area contributed by atoms with E-state index in [1.807, 2.05) is 35.2 Å². The Morgan fingerprint density at radius 2 is 1.82 bits per heavy atom. The Labute approximate surface area is 171 Å². The third-order valence-electron chi connectivity index (χ3n) is 6.07. The minimum absolute atomic E-state index is 0.124. The van der Waals surface area contributed by atoms with Crippen LogP contribution >= 0.6 is 11.3 Å². The highest BCUT2D eigenvalue weighted by Gasteiger charge is 2.33. The number of quaternary nitrogens is 2. The van der Waals surface area contributed by atoms with Crippen LogP contribution in [0.25, 0.3) is 0 Å². The summed E-state index contributed by atoms with van der Waals surface area (Å²) in [5.74, 6) is 0.124. The van der Waals surface area contributed by atoms with Gasteiger partial charge in [-0.2, -0.15) is 0 Å². The summed E-state index contributed by atoms with van der Waals surface area (Å²) in [6, 6.07) is 9.69. The number of rotatable bonds is 5. The quantitative estimate of drug-likeness (QED) is 0.773. The molecule has 1 aromatic carbocycles. The highest BCUT2D eigenvalue weighted by Crippen LogP contribution is 2.36. The van der Waals surface area contributed by atoms with E-state index in [9.17, 15) is 4.79 Å². The Morgan fingerprint density at radius 3 is 2.57 bits per heavy atom. The van der Waals surface area contributed by atoms with Crippen LogP contribution in [-0.2, 0) is 11.3 Å². The van der Waals surface area contributed by atoms with Gasteiger partial charge in [-0.3, -0.25) is 9.69 Å². The topological polar surface area (TPSA) is 38.4 Å². The predicted octanol–water partition coefficient (Wildman–Crippen LogP) is 0.673. The van der Waals surface area contributed by atoms with Crippen LogP contribution in [0, 0.1) is 13.8 Å². The maximum absolute atomic E-state index is 13.3. The second kappa shape index (κ2) is 8.74. The fraction of sp³-hybridized carbons (Fsp3) is 0.500. The average molecular weight is 402 g/mol. The second-order valence-corrected chi connectivity index (χ2v) is 9.17. The van der Waals surface area contributed by atoms with Crippen LogP contribution in [-0.4, -0.2) is 52.0 Å². The van der Waals surface area contributed by atoms with Gasteiger partial charge < -0.3 is 14.5 Å². The maximum Gasteiger partial charge on any atom is 0.263 e. The summed E-state index contributed by atoms with van der Waals surface area (Å²) in [6.45, 7) is 12.5. The summed E-state index contributed by atoms with van der Waals surface area (Å²) in [5.41, 5.74) is 3.50. The zero-order valence-electron chi connectivity index (χ0n) is 16.9. The van der Waals surface area contributed by atoms with Crippen LogP contribution in [0.3, 0.4) is 0 Å². The Morgan fingerprint density at radius 1 is 1.11 bits per heavy atom. The first-order valence-corrected chi connectivity index (χ1v) is 11.2. The molecule has 4 rings (SSSR count). The molecule has 0 radical (unpaired) electrons. The number of carbonyl (C=O) groups excluding carboxylic acids is 1. The average Bonchev–Trinajstić information content (AvgIpc) is 3.02. The molecular formula is C22H31N3O2S+2. The molecule has 1 unspecified atom stereocenters. The number of morpholine rings is 1.